The molecule has 28 heavy (non-hydrogen) atoms. The summed E-state index contributed by atoms with van der Waals surface area (Å²) >= 11 is 0. The maximum absolute atomic E-state index is 14.0. The van der Waals surface area contributed by atoms with Gasteiger partial charge in [-0.3, -0.25) is 9.59 Å². The van der Waals surface area contributed by atoms with Crippen LogP contribution in [0.25, 0.3) is 0 Å². The lowest BCUT2D eigenvalue weighted by molar-refractivity contribution is -0.153. The molecule has 8 heteroatoms. The topological polar surface area (TPSA) is 55.4 Å². The Morgan fingerprint density at radius 2 is 1.71 bits per heavy atom. The lowest BCUT2D eigenvalue weighted by atomic mass is 10.1. The Morgan fingerprint density at radius 1 is 1.04 bits per heavy atom. The van der Waals surface area contributed by atoms with E-state index in [1.165, 1.54) is 18.2 Å². The number of nitrogens with one attached hydrogen (secondary N) is 1. The fourth-order valence-electron chi connectivity index (χ4n) is 2.37. The Kier molecular flexibility index (Phi) is 6.11. The van der Waals surface area contributed by atoms with E-state index in [4.69, 9.17) is 4.74 Å². The largest absolute Gasteiger partial charge is 0.460 e. The molecule has 0 atom stereocenters. The monoisotopic (exact) mass is 397 g/mol. The molecule has 0 aliphatic rings. The molecule has 0 saturated carbocycles. The maximum atomic E-state index is 14.0. The summed E-state index contributed by atoms with van der Waals surface area (Å²) in [5.41, 5.74) is -1.81. The van der Waals surface area contributed by atoms with Crippen molar-refractivity contribution in [1.29, 1.82) is 0 Å². The fraction of sp³-hybridized carbons (Fsp3) is 0.300. The molecule has 0 radical (unpaired) electrons. The average molecular weight is 397 g/mol. The van der Waals surface area contributed by atoms with Crippen LogP contribution in [0, 0.1) is 5.82 Å². The molecule has 2 aromatic rings. The van der Waals surface area contributed by atoms with Gasteiger partial charge in [-0.1, -0.05) is 12.1 Å². The van der Waals surface area contributed by atoms with Crippen molar-refractivity contribution in [2.75, 3.05) is 5.32 Å². The molecule has 2 aromatic carbocycles. The highest BCUT2D eigenvalue weighted by atomic mass is 19.4. The smallest absolute Gasteiger partial charge is 0.416 e. The zero-order valence-corrected chi connectivity index (χ0v) is 15.5. The molecule has 0 bridgehead atoms. The van der Waals surface area contributed by atoms with E-state index in [9.17, 15) is 27.2 Å². The average Bonchev–Trinajstić information content (AvgIpc) is 2.54. The molecule has 150 valence electrons. The van der Waals surface area contributed by atoms with E-state index in [0.29, 0.717) is 5.56 Å². The number of ether oxygens (including phenoxy) is 1. The molecule has 0 heterocycles. The molecule has 0 aromatic heterocycles. The summed E-state index contributed by atoms with van der Waals surface area (Å²) in [5.74, 6) is -2.34. The Labute approximate surface area is 159 Å². The summed E-state index contributed by atoms with van der Waals surface area (Å²) in [5, 5.41) is 2.24. The van der Waals surface area contributed by atoms with Crippen LogP contribution in [0.3, 0.4) is 0 Å². The van der Waals surface area contributed by atoms with Gasteiger partial charge in [0.05, 0.1) is 17.5 Å². The van der Waals surface area contributed by atoms with Crippen molar-refractivity contribution in [2.45, 2.75) is 39.0 Å². The van der Waals surface area contributed by atoms with Gasteiger partial charge >= 0.3 is 12.1 Å². The van der Waals surface area contributed by atoms with Crippen LogP contribution in [0.2, 0.25) is 0 Å². The molecule has 2 rings (SSSR count). The van der Waals surface area contributed by atoms with Gasteiger partial charge in [0.15, 0.2) is 0 Å². The van der Waals surface area contributed by atoms with Crippen molar-refractivity contribution in [3.63, 3.8) is 0 Å². The van der Waals surface area contributed by atoms with Gasteiger partial charge in [-0.2, -0.15) is 13.2 Å². The van der Waals surface area contributed by atoms with E-state index in [0.717, 1.165) is 24.3 Å². The predicted molar refractivity (Wildman–Crippen MR) is 95.3 cm³/mol. The number of carbonyl (C=O) groups is 2. The molecule has 0 unspecified atom stereocenters. The normalized spacial score (nSPS) is 11.8. The predicted octanol–water partition coefficient (Wildman–Crippen LogP) is 4.98. The van der Waals surface area contributed by atoms with Crippen LogP contribution in [0.1, 0.15) is 42.3 Å². The summed E-state index contributed by atoms with van der Waals surface area (Å²) < 4.78 is 57.5. The Hall–Kier alpha value is -2.90. The third kappa shape index (κ3) is 6.07. The first-order chi connectivity index (χ1) is 12.8. The van der Waals surface area contributed by atoms with Crippen LogP contribution in [-0.2, 0) is 22.1 Å². The van der Waals surface area contributed by atoms with Gasteiger partial charge < -0.3 is 10.1 Å². The van der Waals surface area contributed by atoms with Gasteiger partial charge in [-0.05, 0) is 56.7 Å². The molecule has 0 fully saturated rings. The van der Waals surface area contributed by atoms with Gasteiger partial charge in [-0.15, -0.1) is 0 Å². The third-order valence-corrected chi connectivity index (χ3v) is 3.49. The number of halogens is 4. The first kappa shape index (κ1) is 21.4. The van der Waals surface area contributed by atoms with Crippen molar-refractivity contribution in [1.82, 2.24) is 0 Å². The van der Waals surface area contributed by atoms with E-state index in [1.807, 2.05) is 0 Å². The van der Waals surface area contributed by atoms with Crippen LogP contribution in [0.4, 0.5) is 23.2 Å². The minimum atomic E-state index is -4.57. The minimum absolute atomic E-state index is 0.128. The van der Waals surface area contributed by atoms with Gasteiger partial charge in [-0.25, -0.2) is 4.39 Å². The summed E-state index contributed by atoms with van der Waals surface area (Å²) in [4.78, 5) is 24.2. The molecule has 1 N–H and O–H groups in total. The van der Waals surface area contributed by atoms with Crippen molar-refractivity contribution in [3.8, 4) is 0 Å². The van der Waals surface area contributed by atoms with E-state index in [2.05, 4.69) is 5.32 Å². The van der Waals surface area contributed by atoms with Crippen molar-refractivity contribution < 1.29 is 31.9 Å². The summed E-state index contributed by atoms with van der Waals surface area (Å²) in [6, 6.07) is 7.52. The van der Waals surface area contributed by atoms with Gasteiger partial charge in [0.2, 0.25) is 0 Å². The summed E-state index contributed by atoms with van der Waals surface area (Å²) in [6.45, 7) is 5.09. The number of hydrogen-bond acceptors (Lipinski definition) is 3. The third-order valence-electron chi connectivity index (χ3n) is 3.49. The summed E-state index contributed by atoms with van der Waals surface area (Å²) in [6.07, 6.45) is -4.75. The quantitative estimate of drug-likeness (QED) is 0.585. The number of amides is 1. The van der Waals surface area contributed by atoms with Gasteiger partial charge in [0.25, 0.3) is 5.91 Å². The fourth-order valence-corrected chi connectivity index (χ4v) is 2.37. The molecule has 1 amide bonds. The minimum Gasteiger partial charge on any atom is -0.460 e. The zero-order chi connectivity index (χ0) is 21.1. The molecule has 0 spiro atoms. The number of esters is 1. The highest BCUT2D eigenvalue weighted by molar-refractivity contribution is 6.04. The number of alkyl halides is 3. The second-order valence-corrected chi connectivity index (χ2v) is 7.11. The molecule has 0 aliphatic carbocycles. The Balaban J connectivity index is 2.18. The standard InChI is InChI=1S/C20H19F4NO3/c1-19(2,3)28-17(26)10-12-7-8-16(21)15(9-12)18(27)25-14-6-4-5-13(11-14)20(22,23)24/h4-9,11H,10H2,1-3H3,(H,25,27). The molecular formula is C20H19F4NO3. The Bertz CT molecular complexity index is 886. The van der Waals surface area contributed by atoms with Crippen LogP contribution >= 0.6 is 0 Å². The first-order valence-electron chi connectivity index (χ1n) is 8.34. The molecule has 0 saturated heterocycles. The van der Waals surface area contributed by atoms with Crippen molar-refractivity contribution in [2.24, 2.45) is 0 Å². The first-order valence-corrected chi connectivity index (χ1v) is 8.34. The lowest BCUT2D eigenvalue weighted by Gasteiger charge is -2.19. The highest BCUT2D eigenvalue weighted by Crippen LogP contribution is 2.30. The second-order valence-electron chi connectivity index (χ2n) is 7.11. The molecular weight excluding hydrogens is 378 g/mol. The van der Waals surface area contributed by atoms with Crippen LogP contribution in [0.5, 0.6) is 0 Å². The van der Waals surface area contributed by atoms with E-state index in [1.54, 1.807) is 20.8 Å². The van der Waals surface area contributed by atoms with Crippen LogP contribution in [-0.4, -0.2) is 17.5 Å². The van der Waals surface area contributed by atoms with Crippen molar-refractivity contribution >= 4 is 17.6 Å². The number of benzene rings is 2. The van der Waals surface area contributed by atoms with E-state index >= 15 is 0 Å². The lowest BCUT2D eigenvalue weighted by Crippen LogP contribution is -2.25. The number of hydrogen-bond donors (Lipinski definition) is 1. The zero-order valence-electron chi connectivity index (χ0n) is 15.5. The Morgan fingerprint density at radius 3 is 2.32 bits per heavy atom. The molecule has 0 aliphatic heterocycles. The van der Waals surface area contributed by atoms with Crippen LogP contribution in [0.15, 0.2) is 42.5 Å². The SMILES string of the molecule is CC(C)(C)OC(=O)Cc1ccc(F)c(C(=O)Nc2cccc(C(F)(F)F)c2)c1. The van der Waals surface area contributed by atoms with E-state index in [-0.39, 0.29) is 12.1 Å². The second kappa shape index (κ2) is 8.00. The molecule has 4 nitrogen and oxygen atoms in total. The number of rotatable bonds is 4. The number of anilines is 1. The summed E-state index contributed by atoms with van der Waals surface area (Å²) in [7, 11) is 0. The van der Waals surface area contributed by atoms with Gasteiger partial charge in [0.1, 0.15) is 11.4 Å². The van der Waals surface area contributed by atoms with Crippen molar-refractivity contribution in [3.05, 3.63) is 65.0 Å². The van der Waals surface area contributed by atoms with Gasteiger partial charge in [0, 0.05) is 5.69 Å². The van der Waals surface area contributed by atoms with E-state index < -0.39 is 40.6 Å². The maximum Gasteiger partial charge on any atom is 0.416 e. The number of carbonyl (C=O) groups excluding carboxylic acids is 2. The van der Waals surface area contributed by atoms with Crippen LogP contribution < -0.4 is 5.32 Å². The highest BCUT2D eigenvalue weighted by Gasteiger charge is 2.30.